The summed E-state index contributed by atoms with van der Waals surface area (Å²) in [6.45, 7) is 0.0924. The molecule has 3 N–H and O–H groups in total. The zero-order chi connectivity index (χ0) is 13.2. The molecule has 1 aliphatic rings. The van der Waals surface area contributed by atoms with Gasteiger partial charge in [0.15, 0.2) is 5.82 Å². The predicted molar refractivity (Wildman–Crippen MR) is 69.5 cm³/mol. The fourth-order valence-electron chi connectivity index (χ4n) is 2.57. The van der Waals surface area contributed by atoms with Gasteiger partial charge in [-0.15, -0.1) is 0 Å². The molecule has 1 aromatic heterocycles. The summed E-state index contributed by atoms with van der Waals surface area (Å²) < 4.78 is 5.07. The number of nitrogens with two attached hydrogens (primary N) is 1. The van der Waals surface area contributed by atoms with E-state index in [1.54, 1.807) is 0 Å². The first-order valence-corrected chi connectivity index (χ1v) is 6.56. The van der Waals surface area contributed by atoms with Crippen LogP contribution in [0.3, 0.4) is 0 Å². The summed E-state index contributed by atoms with van der Waals surface area (Å²) in [7, 11) is 0. The predicted octanol–water partition coefficient (Wildman–Crippen LogP) is 1.33. The van der Waals surface area contributed by atoms with Crippen LogP contribution < -0.4 is 5.73 Å². The molecule has 0 radical (unpaired) electrons. The quantitative estimate of drug-likeness (QED) is 0.868. The normalized spacial score (nSPS) is 20.0. The Balaban J connectivity index is 1.79. The van der Waals surface area contributed by atoms with Crippen molar-refractivity contribution in [1.29, 1.82) is 0 Å². The summed E-state index contributed by atoms with van der Waals surface area (Å²) in [6, 6.07) is 8.45. The summed E-state index contributed by atoms with van der Waals surface area (Å²) >= 11 is 0. The van der Waals surface area contributed by atoms with Gasteiger partial charge in [0.1, 0.15) is 6.10 Å². The van der Waals surface area contributed by atoms with Crippen molar-refractivity contribution in [1.82, 2.24) is 10.1 Å². The third-order valence-corrected chi connectivity index (χ3v) is 3.68. The minimum Gasteiger partial charge on any atom is -0.382 e. The zero-order valence-electron chi connectivity index (χ0n) is 10.6. The monoisotopic (exact) mass is 259 g/mol. The van der Waals surface area contributed by atoms with E-state index in [1.807, 2.05) is 0 Å². The molecular formula is C14H17N3O2. The lowest BCUT2D eigenvalue weighted by atomic mass is 9.83. The SMILES string of the molecule is NCC(O)c1nc(C2CCc3ccccc3C2)no1. The maximum Gasteiger partial charge on any atom is 0.256 e. The average Bonchev–Trinajstić information content (AvgIpc) is 2.95. The van der Waals surface area contributed by atoms with Crippen LogP contribution in [0.25, 0.3) is 0 Å². The maximum atomic E-state index is 9.58. The summed E-state index contributed by atoms with van der Waals surface area (Å²) in [5, 5.41) is 13.6. The van der Waals surface area contributed by atoms with E-state index in [4.69, 9.17) is 10.3 Å². The fraction of sp³-hybridized carbons (Fsp3) is 0.429. The van der Waals surface area contributed by atoms with Gasteiger partial charge < -0.3 is 15.4 Å². The number of aromatic nitrogens is 2. The van der Waals surface area contributed by atoms with E-state index in [-0.39, 0.29) is 18.4 Å². The highest BCUT2D eigenvalue weighted by Crippen LogP contribution is 2.31. The second kappa shape index (κ2) is 5.11. The molecule has 0 bridgehead atoms. The minimum atomic E-state index is -0.864. The smallest absolute Gasteiger partial charge is 0.256 e. The second-order valence-electron chi connectivity index (χ2n) is 4.95. The number of benzene rings is 1. The summed E-state index contributed by atoms with van der Waals surface area (Å²) in [4.78, 5) is 4.27. The lowest BCUT2D eigenvalue weighted by Crippen LogP contribution is -2.15. The molecule has 0 saturated heterocycles. The minimum absolute atomic E-state index is 0.0924. The number of aliphatic hydroxyl groups excluding tert-OH is 1. The molecule has 19 heavy (non-hydrogen) atoms. The standard InChI is InChI=1S/C14H17N3O2/c15-8-12(18)14-16-13(17-19-14)11-6-5-9-3-1-2-4-10(9)7-11/h1-4,11-12,18H,5-8,15H2. The lowest BCUT2D eigenvalue weighted by Gasteiger charge is -2.21. The highest BCUT2D eigenvalue weighted by Gasteiger charge is 2.25. The lowest BCUT2D eigenvalue weighted by molar-refractivity contribution is 0.141. The first-order chi connectivity index (χ1) is 9.28. The molecule has 1 heterocycles. The Kier molecular flexibility index (Phi) is 3.31. The van der Waals surface area contributed by atoms with Crippen LogP contribution in [-0.2, 0) is 12.8 Å². The van der Waals surface area contributed by atoms with Crippen molar-refractivity contribution in [2.24, 2.45) is 5.73 Å². The Bertz CT molecular complexity index is 567. The highest BCUT2D eigenvalue weighted by molar-refractivity contribution is 5.31. The van der Waals surface area contributed by atoms with Gasteiger partial charge in [-0.3, -0.25) is 0 Å². The molecule has 1 aliphatic carbocycles. The largest absolute Gasteiger partial charge is 0.382 e. The molecule has 5 nitrogen and oxygen atoms in total. The molecule has 5 heteroatoms. The van der Waals surface area contributed by atoms with E-state index in [9.17, 15) is 5.11 Å². The van der Waals surface area contributed by atoms with Gasteiger partial charge in [0.2, 0.25) is 0 Å². The summed E-state index contributed by atoms with van der Waals surface area (Å²) in [5.41, 5.74) is 8.14. The third-order valence-electron chi connectivity index (χ3n) is 3.68. The number of hydrogen-bond acceptors (Lipinski definition) is 5. The molecular weight excluding hydrogens is 242 g/mol. The third kappa shape index (κ3) is 2.39. The van der Waals surface area contributed by atoms with Crippen molar-refractivity contribution in [2.45, 2.75) is 31.3 Å². The van der Waals surface area contributed by atoms with Crippen LogP contribution in [0.5, 0.6) is 0 Å². The summed E-state index contributed by atoms with van der Waals surface area (Å²) in [5.74, 6) is 1.16. The number of rotatable bonds is 3. The van der Waals surface area contributed by atoms with Gasteiger partial charge in [0, 0.05) is 12.5 Å². The topological polar surface area (TPSA) is 85.2 Å². The van der Waals surface area contributed by atoms with E-state index in [0.717, 1.165) is 19.3 Å². The van der Waals surface area contributed by atoms with E-state index in [1.165, 1.54) is 11.1 Å². The molecule has 1 aromatic carbocycles. The van der Waals surface area contributed by atoms with Gasteiger partial charge >= 0.3 is 0 Å². The number of aryl methyl sites for hydroxylation is 1. The van der Waals surface area contributed by atoms with Gasteiger partial charge in [-0.05, 0) is 30.4 Å². The van der Waals surface area contributed by atoms with Gasteiger partial charge in [-0.2, -0.15) is 4.98 Å². The van der Waals surface area contributed by atoms with Crippen molar-refractivity contribution >= 4 is 0 Å². The molecule has 0 spiro atoms. The van der Waals surface area contributed by atoms with Crippen LogP contribution in [0, 0.1) is 0 Å². The van der Waals surface area contributed by atoms with Crippen LogP contribution in [0.4, 0.5) is 0 Å². The van der Waals surface area contributed by atoms with Crippen LogP contribution in [0.1, 0.15) is 41.3 Å². The van der Waals surface area contributed by atoms with Gasteiger partial charge in [0.05, 0.1) is 0 Å². The highest BCUT2D eigenvalue weighted by atomic mass is 16.5. The molecule has 0 saturated carbocycles. The van der Waals surface area contributed by atoms with E-state index in [0.29, 0.717) is 5.82 Å². The maximum absolute atomic E-state index is 9.58. The Morgan fingerprint density at radius 2 is 2.16 bits per heavy atom. The number of fused-ring (bicyclic) bond motifs is 1. The molecule has 3 rings (SSSR count). The first kappa shape index (κ1) is 12.3. The Labute approximate surface area is 111 Å². The number of hydrogen-bond donors (Lipinski definition) is 2. The summed E-state index contributed by atoms with van der Waals surface area (Å²) in [6.07, 6.45) is 2.10. The second-order valence-corrected chi connectivity index (χ2v) is 4.95. The Hall–Kier alpha value is -1.72. The Morgan fingerprint density at radius 1 is 1.37 bits per heavy atom. The van der Waals surface area contributed by atoms with E-state index < -0.39 is 6.10 Å². The van der Waals surface area contributed by atoms with Crippen LogP contribution in [0.2, 0.25) is 0 Å². The number of aliphatic hydroxyl groups is 1. The van der Waals surface area contributed by atoms with Crippen molar-refractivity contribution in [2.75, 3.05) is 6.54 Å². The van der Waals surface area contributed by atoms with Crippen molar-refractivity contribution in [3.05, 3.63) is 47.1 Å². The van der Waals surface area contributed by atoms with Gasteiger partial charge in [-0.25, -0.2) is 0 Å². The van der Waals surface area contributed by atoms with Crippen LogP contribution >= 0.6 is 0 Å². The van der Waals surface area contributed by atoms with E-state index >= 15 is 0 Å². The molecule has 0 fully saturated rings. The van der Waals surface area contributed by atoms with Gasteiger partial charge in [-0.1, -0.05) is 29.4 Å². The van der Waals surface area contributed by atoms with Crippen molar-refractivity contribution < 1.29 is 9.63 Å². The average molecular weight is 259 g/mol. The first-order valence-electron chi connectivity index (χ1n) is 6.56. The van der Waals surface area contributed by atoms with Crippen molar-refractivity contribution in [3.8, 4) is 0 Å². The van der Waals surface area contributed by atoms with Crippen LogP contribution in [0.15, 0.2) is 28.8 Å². The molecule has 2 aromatic rings. The van der Waals surface area contributed by atoms with Crippen LogP contribution in [-0.4, -0.2) is 21.8 Å². The molecule has 0 aliphatic heterocycles. The molecule has 2 unspecified atom stereocenters. The Morgan fingerprint density at radius 3 is 2.95 bits per heavy atom. The molecule has 100 valence electrons. The van der Waals surface area contributed by atoms with Gasteiger partial charge in [0.25, 0.3) is 5.89 Å². The fourth-order valence-corrected chi connectivity index (χ4v) is 2.57. The zero-order valence-corrected chi connectivity index (χ0v) is 10.6. The van der Waals surface area contributed by atoms with E-state index in [2.05, 4.69) is 34.4 Å². The molecule has 0 amide bonds. The number of nitrogens with zero attached hydrogens (tertiary/aromatic N) is 2. The molecule has 2 atom stereocenters. The van der Waals surface area contributed by atoms with Crippen molar-refractivity contribution in [3.63, 3.8) is 0 Å².